The van der Waals surface area contributed by atoms with Crippen molar-refractivity contribution in [2.45, 2.75) is 45.1 Å². The van der Waals surface area contributed by atoms with E-state index in [0.717, 1.165) is 31.0 Å². The first-order valence-corrected chi connectivity index (χ1v) is 9.89. The lowest BCUT2D eigenvalue weighted by molar-refractivity contribution is -0.127. The van der Waals surface area contributed by atoms with E-state index < -0.39 is 17.0 Å². The van der Waals surface area contributed by atoms with Crippen LogP contribution in [0.4, 0.5) is 14.5 Å². The topological polar surface area (TPSA) is 62.3 Å². The van der Waals surface area contributed by atoms with E-state index in [9.17, 15) is 18.4 Å². The van der Waals surface area contributed by atoms with Gasteiger partial charge in [0.2, 0.25) is 5.91 Å². The predicted octanol–water partition coefficient (Wildman–Crippen LogP) is 3.76. The van der Waals surface area contributed by atoms with Gasteiger partial charge in [0.05, 0.1) is 5.41 Å². The van der Waals surface area contributed by atoms with Crippen molar-refractivity contribution in [3.05, 3.63) is 59.4 Å². The Balaban J connectivity index is 1.49. The first-order valence-electron chi connectivity index (χ1n) is 9.89. The number of nitrogens with one attached hydrogen (secondary N) is 1. The second kappa shape index (κ2) is 7.54. The second-order valence-electron chi connectivity index (χ2n) is 8.05. The molecule has 2 atom stereocenters. The number of anilines is 1. The molecule has 1 aliphatic carbocycles. The van der Waals surface area contributed by atoms with Crippen LogP contribution in [0, 0.1) is 24.0 Å². The van der Waals surface area contributed by atoms with Gasteiger partial charge in [-0.1, -0.05) is 12.5 Å². The van der Waals surface area contributed by atoms with Crippen LogP contribution in [0.25, 0.3) is 0 Å². The molecule has 0 radical (unpaired) electrons. The van der Waals surface area contributed by atoms with Crippen LogP contribution in [0.2, 0.25) is 0 Å². The van der Waals surface area contributed by atoms with Crippen LogP contribution in [-0.2, 0) is 4.79 Å². The summed E-state index contributed by atoms with van der Waals surface area (Å²) in [6.45, 7) is 2.25. The van der Waals surface area contributed by atoms with E-state index in [1.165, 1.54) is 17.0 Å². The molecule has 1 saturated carbocycles. The molecule has 152 valence electrons. The Labute approximate surface area is 168 Å². The Morgan fingerprint density at radius 1 is 1.21 bits per heavy atom. The van der Waals surface area contributed by atoms with E-state index in [-0.39, 0.29) is 23.5 Å². The van der Waals surface area contributed by atoms with E-state index in [2.05, 4.69) is 10.3 Å². The number of amides is 2. The third-order valence-electron chi connectivity index (χ3n) is 5.97. The van der Waals surface area contributed by atoms with Gasteiger partial charge in [-0.15, -0.1) is 0 Å². The van der Waals surface area contributed by atoms with Crippen molar-refractivity contribution in [2.75, 3.05) is 11.4 Å². The average Bonchev–Trinajstić information content (AvgIpc) is 2.97. The van der Waals surface area contributed by atoms with Crippen molar-refractivity contribution in [1.29, 1.82) is 0 Å². The quantitative estimate of drug-likeness (QED) is 0.855. The number of carbonyl (C=O) groups is 2. The smallest absolute Gasteiger partial charge is 0.270 e. The summed E-state index contributed by atoms with van der Waals surface area (Å²) < 4.78 is 27.2. The van der Waals surface area contributed by atoms with Gasteiger partial charge < -0.3 is 10.2 Å². The number of hydrogen-bond acceptors (Lipinski definition) is 3. The summed E-state index contributed by atoms with van der Waals surface area (Å²) in [5.41, 5.74) is 0.777. The van der Waals surface area contributed by atoms with Crippen LogP contribution in [0.1, 0.15) is 48.3 Å². The summed E-state index contributed by atoms with van der Waals surface area (Å²) in [7, 11) is 0. The summed E-state index contributed by atoms with van der Waals surface area (Å²) in [6.07, 6.45) is 3.45. The van der Waals surface area contributed by atoms with Crippen LogP contribution in [0.15, 0.2) is 36.4 Å². The van der Waals surface area contributed by atoms with Gasteiger partial charge in [-0.05, 0) is 56.9 Å². The molecule has 1 spiro atoms. The maximum atomic E-state index is 13.6. The fourth-order valence-corrected chi connectivity index (χ4v) is 4.60. The number of pyridine rings is 1. The molecule has 1 N–H and O–H groups in total. The van der Waals surface area contributed by atoms with Crippen molar-refractivity contribution in [1.82, 2.24) is 10.3 Å². The van der Waals surface area contributed by atoms with Crippen molar-refractivity contribution in [2.24, 2.45) is 5.41 Å². The minimum absolute atomic E-state index is 0.116. The molecule has 1 aromatic heterocycles. The number of nitrogens with zero attached hydrogens (tertiary/aromatic N) is 2. The largest absolute Gasteiger partial charge is 0.348 e. The van der Waals surface area contributed by atoms with Crippen molar-refractivity contribution < 1.29 is 18.4 Å². The number of benzene rings is 1. The maximum absolute atomic E-state index is 13.6. The fraction of sp³-hybridized carbons (Fsp3) is 0.409. The summed E-state index contributed by atoms with van der Waals surface area (Å²) >= 11 is 0. The molecule has 2 heterocycles. The number of aromatic nitrogens is 1. The molecule has 0 unspecified atom stereocenters. The third-order valence-corrected chi connectivity index (χ3v) is 5.97. The van der Waals surface area contributed by atoms with Crippen molar-refractivity contribution >= 4 is 17.5 Å². The second-order valence-corrected chi connectivity index (χ2v) is 8.05. The van der Waals surface area contributed by atoms with E-state index in [0.29, 0.717) is 25.1 Å². The SMILES string of the molecule is Cc1cccc(C(=O)N[C@@H]2CCC[C@]3(CCN(c4cc(F)cc(F)c4)C3=O)C2)n1. The van der Waals surface area contributed by atoms with Gasteiger partial charge in [0.25, 0.3) is 5.91 Å². The lowest BCUT2D eigenvalue weighted by Gasteiger charge is -2.36. The molecule has 2 aliphatic rings. The van der Waals surface area contributed by atoms with Gasteiger partial charge in [-0.2, -0.15) is 0 Å². The highest BCUT2D eigenvalue weighted by Crippen LogP contribution is 2.46. The van der Waals surface area contributed by atoms with Gasteiger partial charge in [0.1, 0.15) is 17.3 Å². The van der Waals surface area contributed by atoms with Crippen LogP contribution < -0.4 is 10.2 Å². The van der Waals surface area contributed by atoms with E-state index in [1.54, 1.807) is 12.1 Å². The summed E-state index contributed by atoms with van der Waals surface area (Å²) in [5, 5.41) is 3.01. The molecule has 0 bridgehead atoms. The van der Waals surface area contributed by atoms with Crippen LogP contribution in [0.3, 0.4) is 0 Å². The lowest BCUT2D eigenvalue weighted by Crippen LogP contribution is -2.46. The molecule has 4 rings (SSSR count). The predicted molar refractivity (Wildman–Crippen MR) is 104 cm³/mol. The van der Waals surface area contributed by atoms with Gasteiger partial charge in [0, 0.05) is 30.0 Å². The Morgan fingerprint density at radius 3 is 2.69 bits per heavy atom. The van der Waals surface area contributed by atoms with Crippen LogP contribution in [-0.4, -0.2) is 29.4 Å². The van der Waals surface area contributed by atoms with Crippen molar-refractivity contribution in [3.63, 3.8) is 0 Å². The Bertz CT molecular complexity index is 945. The zero-order valence-electron chi connectivity index (χ0n) is 16.3. The third kappa shape index (κ3) is 3.86. The monoisotopic (exact) mass is 399 g/mol. The molecular formula is C22H23F2N3O2. The van der Waals surface area contributed by atoms with Gasteiger partial charge in [-0.3, -0.25) is 9.59 Å². The number of halogens is 2. The molecule has 29 heavy (non-hydrogen) atoms. The van der Waals surface area contributed by atoms with E-state index >= 15 is 0 Å². The molecule has 2 fully saturated rings. The highest BCUT2D eigenvalue weighted by atomic mass is 19.1. The maximum Gasteiger partial charge on any atom is 0.270 e. The fourth-order valence-electron chi connectivity index (χ4n) is 4.60. The van der Waals surface area contributed by atoms with E-state index in [4.69, 9.17) is 0 Å². The number of rotatable bonds is 3. The van der Waals surface area contributed by atoms with Gasteiger partial charge in [-0.25, -0.2) is 13.8 Å². The Kier molecular flexibility index (Phi) is 5.06. The zero-order valence-corrected chi connectivity index (χ0v) is 16.3. The standard InChI is InChI=1S/C22H23F2N3O2/c1-14-4-2-6-19(25-14)20(28)26-17-5-3-7-22(13-17)8-9-27(21(22)29)18-11-15(23)10-16(24)12-18/h2,4,6,10-12,17H,3,5,7-9,13H2,1H3,(H,26,28)/t17-,22+/m1/s1. The molecule has 1 aliphatic heterocycles. The Morgan fingerprint density at radius 2 is 1.97 bits per heavy atom. The first kappa shape index (κ1) is 19.5. The highest BCUT2D eigenvalue weighted by molar-refractivity contribution is 6.00. The van der Waals surface area contributed by atoms with Crippen molar-refractivity contribution in [3.8, 4) is 0 Å². The molecule has 1 saturated heterocycles. The first-order chi connectivity index (χ1) is 13.9. The number of carbonyl (C=O) groups excluding carboxylic acids is 2. The molecule has 5 nitrogen and oxygen atoms in total. The summed E-state index contributed by atoms with van der Waals surface area (Å²) in [5.74, 6) is -1.76. The zero-order chi connectivity index (χ0) is 20.6. The molecule has 7 heteroatoms. The molecule has 2 amide bonds. The van der Waals surface area contributed by atoms with E-state index in [1.807, 2.05) is 13.0 Å². The van der Waals surface area contributed by atoms with Gasteiger partial charge in [0.15, 0.2) is 0 Å². The number of aryl methyl sites for hydroxylation is 1. The minimum atomic E-state index is -0.701. The Hall–Kier alpha value is -2.83. The lowest BCUT2D eigenvalue weighted by atomic mass is 9.71. The summed E-state index contributed by atoms with van der Waals surface area (Å²) in [4.78, 5) is 31.5. The average molecular weight is 399 g/mol. The van der Waals surface area contributed by atoms with Crippen LogP contribution >= 0.6 is 0 Å². The van der Waals surface area contributed by atoms with Crippen LogP contribution in [0.5, 0.6) is 0 Å². The molecule has 2 aromatic rings. The number of hydrogen-bond donors (Lipinski definition) is 1. The molecule has 1 aromatic carbocycles. The minimum Gasteiger partial charge on any atom is -0.348 e. The normalized spacial score (nSPS) is 24.2. The molecular weight excluding hydrogens is 376 g/mol. The summed E-state index contributed by atoms with van der Waals surface area (Å²) in [6, 6.07) is 8.32. The highest BCUT2D eigenvalue weighted by Gasteiger charge is 2.49. The van der Waals surface area contributed by atoms with Gasteiger partial charge >= 0.3 is 0 Å².